The number of aryl methyl sites for hydroxylation is 1. The van der Waals surface area contributed by atoms with Crippen LogP contribution < -0.4 is 14.8 Å². The van der Waals surface area contributed by atoms with Gasteiger partial charge in [0.05, 0.1) is 13.2 Å². The van der Waals surface area contributed by atoms with E-state index in [0.29, 0.717) is 44.3 Å². The number of hydrogen-bond acceptors (Lipinski definition) is 6. The van der Waals surface area contributed by atoms with Crippen molar-refractivity contribution in [1.82, 2.24) is 15.1 Å². The lowest BCUT2D eigenvalue weighted by atomic mass is 10.1. The predicted molar refractivity (Wildman–Crippen MR) is 118 cm³/mol. The van der Waals surface area contributed by atoms with Crippen LogP contribution in [0.15, 0.2) is 29.6 Å². The molecule has 0 saturated carbocycles. The summed E-state index contributed by atoms with van der Waals surface area (Å²) in [5.74, 6) is 1.26. The molecule has 0 aliphatic carbocycles. The molecule has 1 aromatic carbocycles. The first kappa shape index (κ1) is 22.9. The van der Waals surface area contributed by atoms with Gasteiger partial charge in [0.1, 0.15) is 6.54 Å². The van der Waals surface area contributed by atoms with Crippen LogP contribution in [0.25, 0.3) is 0 Å². The van der Waals surface area contributed by atoms with Gasteiger partial charge in [0.2, 0.25) is 12.7 Å². The first-order valence-corrected chi connectivity index (χ1v) is 11.1. The number of thiophene rings is 1. The van der Waals surface area contributed by atoms with Crippen molar-refractivity contribution >= 4 is 23.3 Å². The third kappa shape index (κ3) is 6.11. The van der Waals surface area contributed by atoms with Gasteiger partial charge in [0, 0.05) is 31.6 Å². The molecule has 1 aliphatic rings. The Bertz CT molecular complexity index is 901. The summed E-state index contributed by atoms with van der Waals surface area (Å²) in [4.78, 5) is 30.1. The van der Waals surface area contributed by atoms with Gasteiger partial charge >= 0.3 is 6.03 Å². The standard InChI is InChI=1S/C22H29N3O5S/c1-4-23-22(27)24(8-9-28-3)14-21(26)25(13-20-16(2)7-10-31-20)12-17-5-6-18-19(11-17)30-15-29-18/h5-7,10-11H,4,8-9,12-15H2,1-3H3,(H,23,27). The maximum absolute atomic E-state index is 13.3. The highest BCUT2D eigenvalue weighted by atomic mass is 32.1. The van der Waals surface area contributed by atoms with Crippen LogP contribution in [0.3, 0.4) is 0 Å². The zero-order chi connectivity index (χ0) is 22.2. The molecule has 2 aromatic rings. The third-order valence-electron chi connectivity index (χ3n) is 4.97. The molecule has 8 nitrogen and oxygen atoms in total. The molecule has 1 aliphatic heterocycles. The van der Waals surface area contributed by atoms with Crippen LogP contribution in [-0.2, 0) is 22.6 Å². The molecule has 2 heterocycles. The van der Waals surface area contributed by atoms with Crippen LogP contribution >= 0.6 is 11.3 Å². The van der Waals surface area contributed by atoms with Crippen LogP contribution in [-0.4, -0.2) is 61.9 Å². The molecule has 1 aromatic heterocycles. The van der Waals surface area contributed by atoms with E-state index in [9.17, 15) is 9.59 Å². The minimum atomic E-state index is -0.275. The topological polar surface area (TPSA) is 80.3 Å². The monoisotopic (exact) mass is 447 g/mol. The summed E-state index contributed by atoms with van der Waals surface area (Å²) >= 11 is 1.62. The van der Waals surface area contributed by atoms with Gasteiger partial charge in [-0.25, -0.2) is 4.79 Å². The Kier molecular flexibility index (Phi) is 8.13. The molecule has 0 unspecified atom stereocenters. The summed E-state index contributed by atoms with van der Waals surface area (Å²) in [6.45, 7) is 6.13. The van der Waals surface area contributed by atoms with E-state index < -0.39 is 0 Å². The summed E-state index contributed by atoms with van der Waals surface area (Å²) in [6, 6.07) is 7.46. The number of carbonyl (C=O) groups excluding carboxylic acids is 2. The molecule has 0 saturated heterocycles. The Morgan fingerprint density at radius 2 is 1.97 bits per heavy atom. The van der Waals surface area contributed by atoms with Gasteiger partial charge in [-0.05, 0) is 48.6 Å². The number of urea groups is 1. The van der Waals surface area contributed by atoms with Crippen molar-refractivity contribution in [2.75, 3.05) is 40.1 Å². The van der Waals surface area contributed by atoms with Crippen LogP contribution in [0.2, 0.25) is 0 Å². The lowest BCUT2D eigenvalue weighted by Crippen LogP contribution is -2.47. The molecule has 3 amide bonds. The molecule has 0 radical (unpaired) electrons. The zero-order valence-electron chi connectivity index (χ0n) is 18.2. The van der Waals surface area contributed by atoms with E-state index in [-0.39, 0.29) is 25.3 Å². The summed E-state index contributed by atoms with van der Waals surface area (Å²) in [5, 5.41) is 4.79. The van der Waals surface area contributed by atoms with Crippen LogP contribution in [0.5, 0.6) is 11.5 Å². The fraction of sp³-hybridized carbons (Fsp3) is 0.455. The van der Waals surface area contributed by atoms with E-state index in [1.807, 2.05) is 43.5 Å². The summed E-state index contributed by atoms with van der Waals surface area (Å²) in [7, 11) is 1.57. The fourth-order valence-electron chi connectivity index (χ4n) is 3.21. The lowest BCUT2D eigenvalue weighted by Gasteiger charge is -2.28. The molecular weight excluding hydrogens is 418 g/mol. The minimum absolute atomic E-state index is 0.0236. The quantitative estimate of drug-likeness (QED) is 0.606. The first-order chi connectivity index (χ1) is 15.0. The van der Waals surface area contributed by atoms with E-state index >= 15 is 0 Å². The van der Waals surface area contributed by atoms with Crippen molar-refractivity contribution in [3.63, 3.8) is 0 Å². The van der Waals surface area contributed by atoms with Crippen molar-refractivity contribution in [2.45, 2.75) is 26.9 Å². The number of amides is 3. The van der Waals surface area contributed by atoms with Crippen molar-refractivity contribution in [3.05, 3.63) is 45.6 Å². The van der Waals surface area contributed by atoms with Crippen LogP contribution in [0, 0.1) is 6.92 Å². The highest BCUT2D eigenvalue weighted by molar-refractivity contribution is 7.10. The Balaban J connectivity index is 1.77. The van der Waals surface area contributed by atoms with Crippen molar-refractivity contribution in [2.24, 2.45) is 0 Å². The lowest BCUT2D eigenvalue weighted by molar-refractivity contribution is -0.133. The van der Waals surface area contributed by atoms with Crippen LogP contribution in [0.4, 0.5) is 4.79 Å². The van der Waals surface area contributed by atoms with Crippen LogP contribution in [0.1, 0.15) is 22.9 Å². The number of ether oxygens (including phenoxy) is 3. The molecule has 1 N–H and O–H groups in total. The zero-order valence-corrected chi connectivity index (χ0v) is 19.0. The number of rotatable bonds is 10. The molecule has 0 spiro atoms. The maximum atomic E-state index is 13.3. The summed E-state index contributed by atoms with van der Waals surface area (Å²) in [6.07, 6.45) is 0. The number of nitrogens with zero attached hydrogens (tertiary/aromatic N) is 2. The molecule has 0 atom stereocenters. The van der Waals surface area contributed by atoms with Gasteiger partial charge in [-0.2, -0.15) is 0 Å². The SMILES string of the molecule is CCNC(=O)N(CCOC)CC(=O)N(Cc1ccc2c(c1)OCO2)Cc1sccc1C. The third-order valence-corrected chi connectivity index (χ3v) is 5.98. The van der Waals surface area contributed by atoms with E-state index in [0.717, 1.165) is 16.0 Å². The number of benzene rings is 1. The number of methoxy groups -OCH3 is 1. The molecule has 0 fully saturated rings. The number of fused-ring (bicyclic) bond motifs is 1. The Hall–Kier alpha value is -2.78. The van der Waals surface area contributed by atoms with Crippen molar-refractivity contribution in [1.29, 1.82) is 0 Å². The molecule has 168 valence electrons. The van der Waals surface area contributed by atoms with Gasteiger partial charge in [0.15, 0.2) is 11.5 Å². The van der Waals surface area contributed by atoms with Crippen molar-refractivity contribution in [3.8, 4) is 11.5 Å². The largest absolute Gasteiger partial charge is 0.454 e. The molecule has 3 rings (SSSR count). The molecular formula is C22H29N3O5S. The molecule has 31 heavy (non-hydrogen) atoms. The van der Waals surface area contributed by atoms with E-state index in [1.54, 1.807) is 23.3 Å². The average molecular weight is 448 g/mol. The maximum Gasteiger partial charge on any atom is 0.317 e. The Morgan fingerprint density at radius 1 is 1.16 bits per heavy atom. The fourth-order valence-corrected chi connectivity index (χ4v) is 4.13. The average Bonchev–Trinajstić information content (AvgIpc) is 3.39. The smallest absolute Gasteiger partial charge is 0.317 e. The second-order valence-electron chi connectivity index (χ2n) is 7.21. The number of nitrogens with one attached hydrogen (secondary N) is 1. The summed E-state index contributed by atoms with van der Waals surface area (Å²) < 4.78 is 16.0. The second-order valence-corrected chi connectivity index (χ2v) is 8.21. The van der Waals surface area contributed by atoms with Gasteiger partial charge < -0.3 is 29.3 Å². The molecule has 9 heteroatoms. The van der Waals surface area contributed by atoms with Gasteiger partial charge in [-0.15, -0.1) is 11.3 Å². The minimum Gasteiger partial charge on any atom is -0.454 e. The highest BCUT2D eigenvalue weighted by Crippen LogP contribution is 2.33. The van der Waals surface area contributed by atoms with E-state index in [2.05, 4.69) is 5.32 Å². The van der Waals surface area contributed by atoms with Gasteiger partial charge in [-0.3, -0.25) is 4.79 Å². The number of hydrogen-bond donors (Lipinski definition) is 1. The Labute approximate surface area is 186 Å². The molecule has 0 bridgehead atoms. The second kappa shape index (κ2) is 11.0. The highest BCUT2D eigenvalue weighted by Gasteiger charge is 2.23. The normalized spacial score (nSPS) is 12.0. The van der Waals surface area contributed by atoms with Crippen molar-refractivity contribution < 1.29 is 23.8 Å². The Morgan fingerprint density at radius 3 is 2.68 bits per heavy atom. The first-order valence-electron chi connectivity index (χ1n) is 10.2. The van der Waals surface area contributed by atoms with E-state index in [4.69, 9.17) is 14.2 Å². The number of carbonyl (C=O) groups is 2. The van der Waals surface area contributed by atoms with E-state index in [1.165, 1.54) is 4.90 Å². The predicted octanol–water partition coefficient (Wildman–Crippen LogP) is 2.99. The van der Waals surface area contributed by atoms with Gasteiger partial charge in [0.25, 0.3) is 0 Å². The van der Waals surface area contributed by atoms with Gasteiger partial charge in [-0.1, -0.05) is 6.07 Å². The summed E-state index contributed by atoms with van der Waals surface area (Å²) in [5.41, 5.74) is 2.08.